The predicted molar refractivity (Wildman–Crippen MR) is 167 cm³/mol. The van der Waals surface area contributed by atoms with Gasteiger partial charge >= 0.3 is 0 Å². The molecule has 0 aromatic carbocycles. The molecule has 0 saturated heterocycles. The van der Waals surface area contributed by atoms with Gasteiger partial charge in [-0.15, -0.1) is 0 Å². The zero-order valence-electron chi connectivity index (χ0n) is 26.8. The molecule has 214 valence electrons. The van der Waals surface area contributed by atoms with Crippen molar-refractivity contribution >= 4 is 0 Å². The second kappa shape index (κ2) is 20.4. The minimum absolute atomic E-state index is 0.417. The van der Waals surface area contributed by atoms with Crippen molar-refractivity contribution in [2.45, 2.75) is 165 Å². The Bertz CT molecular complexity index is 555. The molecule has 0 saturated carbocycles. The van der Waals surface area contributed by atoms with Crippen molar-refractivity contribution in [3.63, 3.8) is 0 Å². The van der Waals surface area contributed by atoms with Crippen LogP contribution in [-0.4, -0.2) is 12.1 Å². The van der Waals surface area contributed by atoms with Crippen molar-refractivity contribution < 1.29 is 0 Å². The molecule has 0 heterocycles. The van der Waals surface area contributed by atoms with Gasteiger partial charge in [-0.3, -0.25) is 0 Å². The van der Waals surface area contributed by atoms with Crippen LogP contribution < -0.4 is 5.32 Å². The van der Waals surface area contributed by atoms with Gasteiger partial charge in [0.05, 0.1) is 0 Å². The van der Waals surface area contributed by atoms with Gasteiger partial charge < -0.3 is 5.32 Å². The third kappa shape index (κ3) is 18.6. The Kier molecular flexibility index (Phi) is 20.1. The van der Waals surface area contributed by atoms with Crippen molar-refractivity contribution in [3.8, 4) is 0 Å². The van der Waals surface area contributed by atoms with E-state index in [1.54, 1.807) is 0 Å². The Morgan fingerprint density at radius 2 is 1.47 bits per heavy atom. The molecule has 0 amide bonds. The first-order valence-corrected chi connectivity index (χ1v) is 16.0. The third-order valence-electron chi connectivity index (χ3n) is 8.16. The largest absolute Gasteiger partial charge is 0.311 e. The fourth-order valence-electron chi connectivity index (χ4n) is 5.87. The molecule has 1 heteroatoms. The summed E-state index contributed by atoms with van der Waals surface area (Å²) in [6.45, 7) is 26.3. The highest BCUT2D eigenvalue weighted by Crippen LogP contribution is 2.37. The molecule has 0 bridgehead atoms. The Morgan fingerprint density at radius 1 is 0.778 bits per heavy atom. The van der Waals surface area contributed by atoms with E-state index in [1.807, 2.05) is 0 Å². The number of nitrogens with one attached hydrogen (secondary N) is 1. The quantitative estimate of drug-likeness (QED) is 0.114. The van der Waals surface area contributed by atoms with E-state index in [0.717, 1.165) is 29.6 Å². The zero-order valence-corrected chi connectivity index (χ0v) is 26.8. The molecule has 0 aliphatic rings. The molecular weight excluding hydrogens is 434 g/mol. The number of rotatable bonds is 22. The van der Waals surface area contributed by atoms with Gasteiger partial charge in [0.25, 0.3) is 0 Å². The molecule has 1 N–H and O–H groups in total. The molecule has 0 aliphatic heterocycles. The van der Waals surface area contributed by atoms with Crippen molar-refractivity contribution in [1.29, 1.82) is 0 Å². The molecule has 1 nitrogen and oxygen atoms in total. The van der Waals surface area contributed by atoms with Crippen molar-refractivity contribution in [2.75, 3.05) is 0 Å². The summed E-state index contributed by atoms with van der Waals surface area (Å²) in [5.41, 5.74) is 0.417. The van der Waals surface area contributed by atoms with E-state index in [-0.39, 0.29) is 0 Å². The number of unbranched alkanes of at least 4 members (excludes halogenated alkanes) is 2. The van der Waals surface area contributed by atoms with E-state index < -0.39 is 0 Å². The second-order valence-corrected chi connectivity index (χ2v) is 13.8. The normalized spacial score (nSPS) is 17.4. The highest BCUT2D eigenvalue weighted by atomic mass is 14.9. The van der Waals surface area contributed by atoms with Crippen LogP contribution in [-0.2, 0) is 0 Å². The summed E-state index contributed by atoms with van der Waals surface area (Å²) in [5.74, 6) is 3.80. The molecule has 5 unspecified atom stereocenters. The number of hydrogen-bond donors (Lipinski definition) is 1. The van der Waals surface area contributed by atoms with Gasteiger partial charge in [0, 0.05) is 12.1 Å². The first-order chi connectivity index (χ1) is 16.9. The van der Waals surface area contributed by atoms with E-state index in [1.165, 1.54) is 77.0 Å². The summed E-state index contributed by atoms with van der Waals surface area (Å²) < 4.78 is 0. The van der Waals surface area contributed by atoms with Gasteiger partial charge in [-0.05, 0) is 80.0 Å². The van der Waals surface area contributed by atoms with E-state index in [4.69, 9.17) is 0 Å². The smallest absolute Gasteiger partial charge is 0.0101 e. The van der Waals surface area contributed by atoms with Crippen molar-refractivity contribution in [2.24, 2.45) is 35.0 Å². The Morgan fingerprint density at radius 3 is 2.06 bits per heavy atom. The standard InChI is InChI=1S/C35H69N/c1-12-14-15-16-17-23-33(34(13-2)36-29(5)6)32(9)27-35(10,11)26-19-22-30(7)20-18-21-31(8)25-24-28(3)4/h16-18,21,28-34,36H,12-15,19-20,22-27H2,1-11H3. The van der Waals surface area contributed by atoms with Crippen molar-refractivity contribution in [1.82, 2.24) is 5.32 Å². The lowest BCUT2D eigenvalue weighted by molar-refractivity contribution is 0.166. The van der Waals surface area contributed by atoms with Gasteiger partial charge in [-0.2, -0.15) is 0 Å². The molecule has 0 aliphatic carbocycles. The topological polar surface area (TPSA) is 12.0 Å². The van der Waals surface area contributed by atoms with Crippen LogP contribution in [0.5, 0.6) is 0 Å². The van der Waals surface area contributed by atoms with Gasteiger partial charge in [-0.25, -0.2) is 0 Å². The minimum atomic E-state index is 0.417. The first kappa shape index (κ1) is 35.4. The maximum Gasteiger partial charge on any atom is 0.0101 e. The molecule has 0 aromatic heterocycles. The summed E-state index contributed by atoms with van der Waals surface area (Å²) in [5, 5.41) is 3.91. The minimum Gasteiger partial charge on any atom is -0.311 e. The number of hydrogen-bond acceptors (Lipinski definition) is 1. The molecular formula is C35H69N. The fraction of sp³-hybridized carbons (Fsp3) is 0.886. The summed E-state index contributed by atoms with van der Waals surface area (Å²) >= 11 is 0. The van der Waals surface area contributed by atoms with Gasteiger partial charge in [0.15, 0.2) is 0 Å². The van der Waals surface area contributed by atoms with Crippen LogP contribution in [0.4, 0.5) is 0 Å². The highest BCUT2D eigenvalue weighted by Gasteiger charge is 2.30. The van der Waals surface area contributed by atoms with Crippen LogP contribution in [0.15, 0.2) is 24.3 Å². The van der Waals surface area contributed by atoms with Gasteiger partial charge in [-0.1, -0.05) is 133 Å². The predicted octanol–water partition coefficient (Wildman–Crippen LogP) is 11.4. The van der Waals surface area contributed by atoms with Crippen LogP contribution in [0.1, 0.15) is 153 Å². The number of allylic oxidation sites excluding steroid dienone is 4. The second-order valence-electron chi connectivity index (χ2n) is 13.8. The molecule has 5 atom stereocenters. The maximum atomic E-state index is 3.91. The lowest BCUT2D eigenvalue weighted by Crippen LogP contribution is -2.43. The molecule has 0 rings (SSSR count). The third-order valence-corrected chi connectivity index (χ3v) is 8.16. The average molecular weight is 504 g/mol. The van der Waals surface area contributed by atoms with Crippen LogP contribution >= 0.6 is 0 Å². The summed E-state index contributed by atoms with van der Waals surface area (Å²) in [6, 6.07) is 1.16. The van der Waals surface area contributed by atoms with E-state index in [2.05, 4.69) is 106 Å². The Hall–Kier alpha value is -0.560. The molecule has 0 aromatic rings. The lowest BCUT2D eigenvalue weighted by Gasteiger charge is -2.37. The average Bonchev–Trinajstić information content (AvgIpc) is 2.78. The molecule has 0 radical (unpaired) electrons. The van der Waals surface area contributed by atoms with Crippen LogP contribution in [0.3, 0.4) is 0 Å². The summed E-state index contributed by atoms with van der Waals surface area (Å²) in [6.07, 6.45) is 25.5. The van der Waals surface area contributed by atoms with Gasteiger partial charge in [0.2, 0.25) is 0 Å². The molecule has 0 spiro atoms. The zero-order chi connectivity index (χ0) is 27.6. The van der Waals surface area contributed by atoms with E-state index in [9.17, 15) is 0 Å². The SMILES string of the molecule is CCCCC=CCC(C(C)CC(C)(C)CCCC(C)CC=CC(C)CCC(C)C)C(CC)NC(C)C. The summed E-state index contributed by atoms with van der Waals surface area (Å²) in [7, 11) is 0. The fourth-order valence-corrected chi connectivity index (χ4v) is 5.87. The molecule has 36 heavy (non-hydrogen) atoms. The summed E-state index contributed by atoms with van der Waals surface area (Å²) in [4.78, 5) is 0. The first-order valence-electron chi connectivity index (χ1n) is 16.0. The molecule has 0 fully saturated rings. The highest BCUT2D eigenvalue weighted by molar-refractivity contribution is 4.92. The van der Waals surface area contributed by atoms with Gasteiger partial charge in [0.1, 0.15) is 0 Å². The Labute approximate surface area is 229 Å². The van der Waals surface area contributed by atoms with Crippen LogP contribution in [0.2, 0.25) is 0 Å². The van der Waals surface area contributed by atoms with Crippen LogP contribution in [0.25, 0.3) is 0 Å². The lowest BCUT2D eigenvalue weighted by atomic mass is 9.72. The van der Waals surface area contributed by atoms with E-state index in [0.29, 0.717) is 17.5 Å². The maximum absolute atomic E-state index is 3.91. The monoisotopic (exact) mass is 504 g/mol. The van der Waals surface area contributed by atoms with E-state index >= 15 is 0 Å². The van der Waals surface area contributed by atoms with Crippen molar-refractivity contribution in [3.05, 3.63) is 24.3 Å². The Balaban J connectivity index is 4.76. The van der Waals surface area contributed by atoms with Crippen LogP contribution in [0, 0.1) is 35.0 Å².